The number of methoxy groups -OCH3 is 1. The molecule has 2 N–H and O–H groups in total. The van der Waals surface area contributed by atoms with Crippen LogP contribution in [0.2, 0.25) is 0 Å². The summed E-state index contributed by atoms with van der Waals surface area (Å²) in [5, 5.41) is 18.2. The van der Waals surface area contributed by atoms with Crippen molar-refractivity contribution in [3.05, 3.63) is 0 Å². The molecular formula is C29H62NO7P. The molecule has 0 rings (SSSR count). The average molecular weight is 568 g/mol. The molecule has 230 valence electrons. The zero-order valence-corrected chi connectivity index (χ0v) is 26.3. The predicted octanol–water partition coefficient (Wildman–Crippen LogP) is 5.97. The van der Waals surface area contributed by atoms with Crippen LogP contribution < -0.4 is 4.89 Å². The third-order valence-electron chi connectivity index (χ3n) is 7.65. The minimum absolute atomic E-state index is 0.0752. The number of unbranched alkanes of at least 4 members (excludes halogenated alkanes) is 15. The summed E-state index contributed by atoms with van der Waals surface area (Å²) in [7, 11) is 0.799. The van der Waals surface area contributed by atoms with Gasteiger partial charge in [0.1, 0.15) is 11.9 Å². The van der Waals surface area contributed by atoms with Gasteiger partial charge in [0, 0.05) is 20.1 Å². The van der Waals surface area contributed by atoms with E-state index in [0.29, 0.717) is 19.8 Å². The number of quaternary nitrogens is 1. The van der Waals surface area contributed by atoms with E-state index < -0.39 is 25.8 Å². The van der Waals surface area contributed by atoms with Crippen LogP contribution in [0.15, 0.2) is 0 Å². The predicted molar refractivity (Wildman–Crippen MR) is 154 cm³/mol. The fraction of sp³-hybridized carbons (Fsp3) is 1.00. The molecule has 0 radical (unpaired) electrons. The van der Waals surface area contributed by atoms with E-state index in [1.165, 1.54) is 97.0 Å². The Labute approximate surface area is 234 Å². The molecule has 0 aromatic heterocycles. The maximum Gasteiger partial charge on any atom is 0.192 e. The van der Waals surface area contributed by atoms with Gasteiger partial charge in [0.05, 0.1) is 33.9 Å². The first-order chi connectivity index (χ1) is 18.1. The Kier molecular flexibility index (Phi) is 23.6. The first-order valence-electron chi connectivity index (χ1n) is 15.3. The quantitative estimate of drug-likeness (QED) is 0.0519. The van der Waals surface area contributed by atoms with Gasteiger partial charge in [-0.15, -0.1) is 0 Å². The van der Waals surface area contributed by atoms with E-state index in [1.807, 2.05) is 0 Å². The number of aliphatic hydroxyl groups is 2. The van der Waals surface area contributed by atoms with Gasteiger partial charge in [0.2, 0.25) is 0 Å². The van der Waals surface area contributed by atoms with E-state index in [2.05, 4.69) is 6.92 Å². The van der Waals surface area contributed by atoms with Crippen LogP contribution in [0.3, 0.4) is 0 Å². The number of hydrogen-bond acceptors (Lipinski definition) is 7. The standard InChI is InChI=1S/C29H62NO7P/c1-6-7-8-9-10-11-12-13-14-15-16-17-18-19-20-21-24-36-25-28(35-5)26-37-38(33,34)27(2)30(3,4)23-22-29(31)32/h27-29,31-32H,6-26H2,1-5H3/t27?,28-/m1/s1. The van der Waals surface area contributed by atoms with Gasteiger partial charge in [-0.2, -0.15) is 0 Å². The summed E-state index contributed by atoms with van der Waals surface area (Å²) >= 11 is 0. The topological polar surface area (TPSA) is 108 Å². The second-order valence-electron chi connectivity index (χ2n) is 11.5. The van der Waals surface area contributed by atoms with Crippen LogP contribution in [0.1, 0.15) is 123 Å². The number of ether oxygens (including phenoxy) is 2. The van der Waals surface area contributed by atoms with Crippen molar-refractivity contribution in [2.75, 3.05) is 47.6 Å². The second-order valence-corrected chi connectivity index (χ2v) is 13.6. The SMILES string of the molecule is CCCCCCCCCCCCCCCCCCOC[C@H](COP(=O)([O-])C(C)[N+](C)(C)CCC(O)O)OC. The molecule has 0 aliphatic rings. The van der Waals surface area contributed by atoms with E-state index in [4.69, 9.17) is 24.2 Å². The molecule has 0 aromatic carbocycles. The van der Waals surface area contributed by atoms with Crippen molar-refractivity contribution in [1.82, 2.24) is 0 Å². The molecule has 0 aliphatic carbocycles. The highest BCUT2D eigenvalue weighted by Crippen LogP contribution is 2.46. The second kappa shape index (κ2) is 23.6. The van der Waals surface area contributed by atoms with Crippen LogP contribution in [0, 0.1) is 0 Å². The summed E-state index contributed by atoms with van der Waals surface area (Å²) < 4.78 is 29.1. The molecule has 0 spiro atoms. The Hall–Kier alpha value is -0.0500. The van der Waals surface area contributed by atoms with Gasteiger partial charge in [-0.1, -0.05) is 103 Å². The van der Waals surface area contributed by atoms with E-state index in [9.17, 15) is 9.46 Å². The summed E-state index contributed by atoms with van der Waals surface area (Å²) in [4.78, 5) is 12.7. The summed E-state index contributed by atoms with van der Waals surface area (Å²) in [6.45, 7) is 4.98. The van der Waals surface area contributed by atoms with Crippen molar-refractivity contribution < 1.29 is 38.2 Å². The monoisotopic (exact) mass is 567 g/mol. The number of rotatable bonds is 28. The maximum atomic E-state index is 12.7. The molecule has 0 saturated carbocycles. The van der Waals surface area contributed by atoms with Gasteiger partial charge in [-0.05, 0) is 13.3 Å². The Morgan fingerprint density at radius 1 is 0.789 bits per heavy atom. The van der Waals surface area contributed by atoms with Crippen LogP contribution >= 0.6 is 7.60 Å². The van der Waals surface area contributed by atoms with Crippen molar-refractivity contribution in [2.45, 2.75) is 141 Å². The van der Waals surface area contributed by atoms with Gasteiger partial charge >= 0.3 is 0 Å². The molecule has 0 heterocycles. The third-order valence-corrected chi connectivity index (χ3v) is 9.70. The molecule has 0 aromatic rings. The lowest BCUT2D eigenvalue weighted by Gasteiger charge is -2.42. The molecule has 0 aliphatic heterocycles. The minimum Gasteiger partial charge on any atom is -0.774 e. The normalized spacial score (nSPS) is 15.6. The molecule has 2 unspecified atom stereocenters. The Morgan fingerprint density at radius 3 is 1.66 bits per heavy atom. The molecule has 3 atom stereocenters. The Balaban J connectivity index is 3.75. The first kappa shape index (κ1) is 38.0. The van der Waals surface area contributed by atoms with Crippen molar-refractivity contribution >= 4 is 7.60 Å². The van der Waals surface area contributed by atoms with Crippen molar-refractivity contribution in [2.24, 2.45) is 0 Å². The highest BCUT2D eigenvalue weighted by molar-refractivity contribution is 7.51. The Bertz CT molecular complexity index is 577. The fourth-order valence-corrected chi connectivity index (χ4v) is 5.93. The van der Waals surface area contributed by atoms with Crippen LogP contribution in [0.5, 0.6) is 0 Å². The molecular weight excluding hydrogens is 505 g/mol. The largest absolute Gasteiger partial charge is 0.774 e. The van der Waals surface area contributed by atoms with Crippen molar-refractivity contribution in [3.8, 4) is 0 Å². The summed E-state index contributed by atoms with van der Waals surface area (Å²) in [6.07, 6.45) is 19.5. The molecule has 9 heteroatoms. The van der Waals surface area contributed by atoms with E-state index in [1.54, 1.807) is 21.0 Å². The smallest absolute Gasteiger partial charge is 0.192 e. The van der Waals surface area contributed by atoms with Crippen LogP contribution in [-0.2, 0) is 18.6 Å². The van der Waals surface area contributed by atoms with E-state index in [-0.39, 0.29) is 17.5 Å². The highest BCUT2D eigenvalue weighted by Gasteiger charge is 2.34. The van der Waals surface area contributed by atoms with Gasteiger partial charge in [-0.25, -0.2) is 0 Å². The number of nitrogens with zero attached hydrogens (tertiary/aromatic N) is 1. The van der Waals surface area contributed by atoms with Crippen LogP contribution in [-0.4, -0.2) is 80.4 Å². The first-order valence-corrected chi connectivity index (χ1v) is 16.9. The molecule has 0 bridgehead atoms. The van der Waals surface area contributed by atoms with Gasteiger partial charge < -0.3 is 38.2 Å². The van der Waals surface area contributed by atoms with Crippen molar-refractivity contribution in [1.29, 1.82) is 0 Å². The zero-order valence-electron chi connectivity index (χ0n) is 25.4. The Morgan fingerprint density at radius 2 is 1.24 bits per heavy atom. The maximum absolute atomic E-state index is 12.7. The molecule has 8 nitrogen and oxygen atoms in total. The number of aliphatic hydroxyl groups excluding tert-OH is 1. The number of hydrogen-bond donors (Lipinski definition) is 2. The summed E-state index contributed by atoms with van der Waals surface area (Å²) in [6, 6.07) is 0. The van der Waals surface area contributed by atoms with E-state index in [0.717, 1.165) is 12.8 Å². The minimum atomic E-state index is -4.19. The average Bonchev–Trinajstić information content (AvgIpc) is 2.88. The molecule has 0 fully saturated rings. The summed E-state index contributed by atoms with van der Waals surface area (Å²) in [5.74, 6) is -0.829. The zero-order chi connectivity index (χ0) is 28.7. The lowest BCUT2D eigenvalue weighted by molar-refractivity contribution is -0.902. The lowest BCUT2D eigenvalue weighted by atomic mass is 10.0. The lowest BCUT2D eigenvalue weighted by Crippen LogP contribution is -2.50. The van der Waals surface area contributed by atoms with Crippen LogP contribution in [0.25, 0.3) is 0 Å². The van der Waals surface area contributed by atoms with Crippen molar-refractivity contribution in [3.63, 3.8) is 0 Å². The molecule has 38 heavy (non-hydrogen) atoms. The van der Waals surface area contributed by atoms with E-state index >= 15 is 0 Å². The van der Waals surface area contributed by atoms with Gasteiger partial charge in [0.15, 0.2) is 13.9 Å². The third kappa shape index (κ3) is 20.8. The van der Waals surface area contributed by atoms with Gasteiger partial charge in [0.25, 0.3) is 0 Å². The highest BCUT2D eigenvalue weighted by atomic mass is 31.2. The fourth-order valence-electron chi connectivity index (χ4n) is 4.46. The molecule has 0 saturated heterocycles. The van der Waals surface area contributed by atoms with Crippen LogP contribution in [0.4, 0.5) is 0 Å². The van der Waals surface area contributed by atoms with Gasteiger partial charge in [-0.3, -0.25) is 0 Å². The molecule has 0 amide bonds. The summed E-state index contributed by atoms with van der Waals surface area (Å²) in [5.41, 5.74) is 0.